The van der Waals surface area contributed by atoms with E-state index in [0.717, 1.165) is 35.3 Å². The summed E-state index contributed by atoms with van der Waals surface area (Å²) in [5.74, 6) is 1.76. The maximum Gasteiger partial charge on any atom is 0.335 e. The van der Waals surface area contributed by atoms with Gasteiger partial charge in [-0.15, -0.1) is 0 Å². The average Bonchev–Trinajstić information content (AvgIpc) is 2.78. The van der Waals surface area contributed by atoms with Crippen molar-refractivity contribution in [2.75, 3.05) is 6.61 Å². The Kier molecular flexibility index (Phi) is 4.65. The fraction of sp³-hybridized carbons (Fsp3) is 0.414. The molecule has 3 nitrogen and oxygen atoms in total. The predicted molar refractivity (Wildman–Crippen MR) is 127 cm³/mol. The number of carbonyl (C=O) groups is 1. The summed E-state index contributed by atoms with van der Waals surface area (Å²) < 4.78 is 0. The molecule has 3 heteroatoms. The molecule has 32 heavy (non-hydrogen) atoms. The van der Waals surface area contributed by atoms with E-state index in [1.165, 1.54) is 60.4 Å². The molecule has 0 saturated heterocycles. The molecule has 164 valence electrons. The molecule has 0 amide bonds. The van der Waals surface area contributed by atoms with Gasteiger partial charge in [0, 0.05) is 6.61 Å². The number of carboxylic acid groups (broad SMARTS) is 1. The lowest BCUT2D eigenvalue weighted by atomic mass is 9.47. The molecule has 0 heterocycles. The lowest BCUT2D eigenvalue weighted by molar-refractivity contribution is -0.00557. The van der Waals surface area contributed by atoms with Crippen LogP contribution in [0.4, 0.5) is 0 Å². The van der Waals surface area contributed by atoms with E-state index in [1.54, 1.807) is 12.1 Å². The van der Waals surface area contributed by atoms with Gasteiger partial charge in [-0.1, -0.05) is 36.4 Å². The SMILES string of the molecule is O=C(O)c1ccc(-c2ccc3cc(CCO)c(C45CC6CC(CC(C6)C4)C5)cc3c2)cc1. The number of aliphatic hydroxyl groups excluding tert-OH is 1. The summed E-state index contributed by atoms with van der Waals surface area (Å²) in [5.41, 5.74) is 5.59. The normalized spacial score (nSPS) is 28.3. The molecule has 0 spiro atoms. The second-order valence-electron chi connectivity index (χ2n) is 10.6. The molecule has 2 N–H and O–H groups in total. The Bertz CT molecular complexity index is 1160. The molecule has 4 aliphatic carbocycles. The summed E-state index contributed by atoms with van der Waals surface area (Å²) in [4.78, 5) is 11.2. The third-order valence-corrected chi connectivity index (χ3v) is 8.52. The standard InChI is InChI=1S/C29H30O3/c30-8-7-25-12-24-6-5-23(21-1-3-22(4-2-21)28(31)32)13-26(24)14-27(25)29-15-18-9-19(16-29)11-20(10-18)17-29/h1-6,12-14,18-20,30H,7-11,15-17H2,(H,31,32). The largest absolute Gasteiger partial charge is 0.478 e. The van der Waals surface area contributed by atoms with Gasteiger partial charge in [-0.3, -0.25) is 0 Å². The van der Waals surface area contributed by atoms with Crippen LogP contribution in [0, 0.1) is 17.8 Å². The van der Waals surface area contributed by atoms with Crippen LogP contribution in [0.25, 0.3) is 21.9 Å². The highest BCUT2D eigenvalue weighted by Gasteiger charge is 2.52. The van der Waals surface area contributed by atoms with Gasteiger partial charge in [0.2, 0.25) is 0 Å². The van der Waals surface area contributed by atoms with E-state index in [2.05, 4.69) is 30.3 Å². The fourth-order valence-electron chi connectivity index (χ4n) is 7.59. The number of hydrogen-bond acceptors (Lipinski definition) is 2. The highest BCUT2D eigenvalue weighted by Crippen LogP contribution is 2.61. The smallest absolute Gasteiger partial charge is 0.335 e. The summed E-state index contributed by atoms with van der Waals surface area (Å²) in [6.07, 6.45) is 8.97. The van der Waals surface area contributed by atoms with Gasteiger partial charge in [-0.25, -0.2) is 4.79 Å². The molecule has 0 unspecified atom stereocenters. The second-order valence-corrected chi connectivity index (χ2v) is 10.6. The molecule has 0 atom stereocenters. The summed E-state index contributed by atoms with van der Waals surface area (Å²) >= 11 is 0. The molecule has 4 aliphatic rings. The zero-order valence-electron chi connectivity index (χ0n) is 18.4. The maximum atomic E-state index is 11.2. The molecule has 4 saturated carbocycles. The van der Waals surface area contributed by atoms with Crippen LogP contribution in [0.15, 0.2) is 54.6 Å². The Balaban J connectivity index is 1.45. The van der Waals surface area contributed by atoms with Crippen molar-refractivity contribution in [3.05, 3.63) is 71.3 Å². The quantitative estimate of drug-likeness (QED) is 0.510. The topological polar surface area (TPSA) is 57.5 Å². The van der Waals surface area contributed by atoms with E-state index >= 15 is 0 Å². The second kappa shape index (κ2) is 7.45. The number of carboxylic acids is 1. The van der Waals surface area contributed by atoms with Crippen LogP contribution in [-0.2, 0) is 11.8 Å². The number of fused-ring (bicyclic) bond motifs is 1. The van der Waals surface area contributed by atoms with E-state index < -0.39 is 5.97 Å². The highest BCUT2D eigenvalue weighted by molar-refractivity contribution is 5.90. The van der Waals surface area contributed by atoms with Crippen LogP contribution < -0.4 is 0 Å². The average molecular weight is 427 g/mol. The first-order valence-electron chi connectivity index (χ1n) is 12.0. The van der Waals surface area contributed by atoms with E-state index in [4.69, 9.17) is 0 Å². The van der Waals surface area contributed by atoms with Gasteiger partial charge < -0.3 is 10.2 Å². The van der Waals surface area contributed by atoms with Crippen LogP contribution in [0.5, 0.6) is 0 Å². The first kappa shape index (κ1) is 20.0. The van der Waals surface area contributed by atoms with Gasteiger partial charge in [0.1, 0.15) is 0 Å². The molecular weight excluding hydrogens is 396 g/mol. The monoisotopic (exact) mass is 426 g/mol. The van der Waals surface area contributed by atoms with Crippen LogP contribution in [-0.4, -0.2) is 22.8 Å². The van der Waals surface area contributed by atoms with Crippen molar-refractivity contribution in [2.45, 2.75) is 50.4 Å². The highest BCUT2D eigenvalue weighted by atomic mass is 16.4. The van der Waals surface area contributed by atoms with Crippen molar-refractivity contribution >= 4 is 16.7 Å². The number of aromatic carboxylic acids is 1. The van der Waals surface area contributed by atoms with Gasteiger partial charge in [0.15, 0.2) is 0 Å². The molecule has 4 bridgehead atoms. The molecule has 7 rings (SSSR count). The van der Waals surface area contributed by atoms with Crippen molar-refractivity contribution < 1.29 is 15.0 Å². The number of benzene rings is 3. The van der Waals surface area contributed by atoms with E-state index in [-0.39, 0.29) is 6.61 Å². The van der Waals surface area contributed by atoms with E-state index in [1.807, 2.05) is 12.1 Å². The van der Waals surface area contributed by atoms with Gasteiger partial charge in [-0.05, 0) is 119 Å². The Labute approximate surface area is 189 Å². The van der Waals surface area contributed by atoms with Gasteiger partial charge in [0.05, 0.1) is 5.56 Å². The summed E-state index contributed by atoms with van der Waals surface area (Å²) in [5, 5.41) is 21.5. The first-order chi connectivity index (χ1) is 15.5. The minimum absolute atomic E-state index is 0.193. The third kappa shape index (κ3) is 3.26. The lowest BCUT2D eigenvalue weighted by Gasteiger charge is -2.57. The van der Waals surface area contributed by atoms with Gasteiger partial charge >= 0.3 is 5.97 Å². The minimum Gasteiger partial charge on any atom is -0.478 e. The lowest BCUT2D eigenvalue weighted by Crippen LogP contribution is -2.49. The molecule has 0 aromatic heterocycles. The zero-order valence-corrected chi connectivity index (χ0v) is 18.4. The van der Waals surface area contributed by atoms with Crippen LogP contribution in [0.3, 0.4) is 0 Å². The summed E-state index contributed by atoms with van der Waals surface area (Å²) in [6, 6.07) is 18.4. The van der Waals surface area contributed by atoms with Crippen molar-refractivity contribution in [1.29, 1.82) is 0 Å². The molecule has 0 radical (unpaired) electrons. The van der Waals surface area contributed by atoms with Crippen LogP contribution in [0.2, 0.25) is 0 Å². The number of aliphatic hydroxyl groups is 1. The molecule has 0 aliphatic heterocycles. The van der Waals surface area contributed by atoms with Crippen molar-refractivity contribution in [3.8, 4) is 11.1 Å². The summed E-state index contributed by atoms with van der Waals surface area (Å²) in [6.45, 7) is 0.193. The molecule has 4 fully saturated rings. The van der Waals surface area contributed by atoms with Gasteiger partial charge in [0.25, 0.3) is 0 Å². The Morgan fingerprint density at radius 1 is 0.812 bits per heavy atom. The number of rotatable bonds is 5. The molecule has 3 aromatic carbocycles. The summed E-state index contributed by atoms with van der Waals surface area (Å²) in [7, 11) is 0. The van der Waals surface area contributed by atoms with Crippen LogP contribution in [0.1, 0.15) is 60.0 Å². The zero-order chi connectivity index (χ0) is 21.9. The Hall–Kier alpha value is -2.65. The van der Waals surface area contributed by atoms with E-state index in [0.29, 0.717) is 11.0 Å². The number of hydrogen-bond donors (Lipinski definition) is 2. The van der Waals surface area contributed by atoms with Crippen molar-refractivity contribution in [3.63, 3.8) is 0 Å². The molecular formula is C29H30O3. The predicted octanol–water partition coefficient (Wildman–Crippen LogP) is 6.21. The fourth-order valence-corrected chi connectivity index (χ4v) is 7.59. The first-order valence-corrected chi connectivity index (χ1v) is 12.0. The van der Waals surface area contributed by atoms with Crippen LogP contribution >= 0.6 is 0 Å². The minimum atomic E-state index is -0.897. The Morgan fingerprint density at radius 3 is 2.03 bits per heavy atom. The maximum absolute atomic E-state index is 11.2. The van der Waals surface area contributed by atoms with Gasteiger partial charge in [-0.2, -0.15) is 0 Å². The Morgan fingerprint density at radius 2 is 1.44 bits per heavy atom. The van der Waals surface area contributed by atoms with Crippen molar-refractivity contribution in [1.82, 2.24) is 0 Å². The third-order valence-electron chi connectivity index (χ3n) is 8.52. The molecule has 3 aromatic rings. The van der Waals surface area contributed by atoms with E-state index in [9.17, 15) is 15.0 Å². The van der Waals surface area contributed by atoms with Crippen molar-refractivity contribution in [2.24, 2.45) is 17.8 Å².